The van der Waals surface area contributed by atoms with E-state index in [-0.39, 0.29) is 17.9 Å². The van der Waals surface area contributed by atoms with Crippen LogP contribution in [0.25, 0.3) is 0 Å². The van der Waals surface area contributed by atoms with Crippen LogP contribution in [0, 0.1) is 12.8 Å². The molecule has 0 unspecified atom stereocenters. The van der Waals surface area contributed by atoms with Crippen LogP contribution in [0.4, 0.5) is 4.79 Å². The zero-order valence-electron chi connectivity index (χ0n) is 16.0. The first-order valence-corrected chi connectivity index (χ1v) is 10.4. The molecule has 28 heavy (non-hydrogen) atoms. The van der Waals surface area contributed by atoms with Gasteiger partial charge in [-0.25, -0.2) is 13.2 Å². The van der Waals surface area contributed by atoms with Gasteiger partial charge in [0.2, 0.25) is 10.0 Å². The van der Waals surface area contributed by atoms with Crippen molar-refractivity contribution in [3.8, 4) is 0 Å². The molecule has 1 saturated heterocycles. The molecule has 1 aliphatic heterocycles. The van der Waals surface area contributed by atoms with E-state index in [9.17, 15) is 22.8 Å². The molecule has 3 N–H and O–H groups in total. The molecule has 0 radical (unpaired) electrons. The number of carbonyl (C=O) groups is 3. The van der Waals surface area contributed by atoms with E-state index in [2.05, 4.69) is 0 Å². The summed E-state index contributed by atoms with van der Waals surface area (Å²) in [5, 5.41) is 1.88. The average molecular weight is 411 g/mol. The lowest BCUT2D eigenvalue weighted by Gasteiger charge is -2.26. The fourth-order valence-electron chi connectivity index (χ4n) is 3.00. The Labute approximate surface area is 164 Å². The monoisotopic (exact) mass is 411 g/mol. The number of ether oxygens (including phenoxy) is 1. The molecule has 2 atom stereocenters. The lowest BCUT2D eigenvalue weighted by atomic mass is 10.1. The van der Waals surface area contributed by atoms with Crippen LogP contribution in [0.1, 0.15) is 32.3 Å². The number of carbonyl (C=O) groups excluding carboxylic acids is 3. The second-order valence-electron chi connectivity index (χ2n) is 7.04. The van der Waals surface area contributed by atoms with Gasteiger partial charge in [0.15, 0.2) is 6.10 Å². The summed E-state index contributed by atoms with van der Waals surface area (Å²) in [5.74, 6) is -2.11. The first-order chi connectivity index (χ1) is 13.0. The molecule has 0 aromatic heterocycles. The Bertz CT molecular complexity index is 851. The lowest BCUT2D eigenvalue weighted by Crippen LogP contribution is -2.48. The number of hydrogen-bond donors (Lipinski definition) is 2. The SMILES string of the molecule is Cc1ccc(S(=O)(=O)N2CCC[C@H]2C(=O)O[C@H](C(=O)NC(N)=O)C(C)C)cc1. The normalized spacial score (nSPS) is 18.6. The van der Waals surface area contributed by atoms with Crippen LogP contribution < -0.4 is 11.1 Å². The van der Waals surface area contributed by atoms with Crippen LogP contribution in [-0.4, -0.2) is 49.3 Å². The minimum Gasteiger partial charge on any atom is -0.451 e. The van der Waals surface area contributed by atoms with Crippen molar-refractivity contribution in [3.63, 3.8) is 0 Å². The van der Waals surface area contributed by atoms with Crippen molar-refractivity contribution in [2.75, 3.05) is 6.54 Å². The predicted molar refractivity (Wildman–Crippen MR) is 101 cm³/mol. The largest absolute Gasteiger partial charge is 0.451 e. The quantitative estimate of drug-likeness (QED) is 0.668. The number of imide groups is 1. The molecule has 0 bridgehead atoms. The summed E-state index contributed by atoms with van der Waals surface area (Å²) in [6.07, 6.45) is -0.485. The van der Waals surface area contributed by atoms with Crippen LogP contribution in [0.5, 0.6) is 0 Å². The molecular weight excluding hydrogens is 386 g/mol. The Balaban J connectivity index is 2.20. The standard InChI is InChI=1S/C18H25N3O6S/c1-11(2)15(16(22)20-18(19)24)27-17(23)14-5-4-10-21(14)28(25,26)13-8-6-12(3)7-9-13/h6-9,11,14-15H,4-5,10H2,1-3H3,(H3,19,20,22,24)/t14-,15-/m0/s1. The predicted octanol–water partition coefficient (Wildman–Crippen LogP) is 0.911. The summed E-state index contributed by atoms with van der Waals surface area (Å²) in [6.45, 7) is 5.29. The third kappa shape index (κ3) is 4.87. The van der Waals surface area contributed by atoms with Crippen LogP contribution in [0.15, 0.2) is 29.2 Å². The maximum absolute atomic E-state index is 12.9. The van der Waals surface area contributed by atoms with Gasteiger partial charge >= 0.3 is 12.0 Å². The van der Waals surface area contributed by atoms with E-state index in [1.807, 2.05) is 12.2 Å². The van der Waals surface area contributed by atoms with Gasteiger partial charge in [0, 0.05) is 6.54 Å². The number of nitrogens with two attached hydrogens (primary N) is 1. The Morgan fingerprint density at radius 2 is 1.82 bits per heavy atom. The number of nitrogens with one attached hydrogen (secondary N) is 1. The number of amides is 3. The van der Waals surface area contributed by atoms with Crippen molar-refractivity contribution in [1.29, 1.82) is 0 Å². The highest BCUT2D eigenvalue weighted by atomic mass is 32.2. The minimum absolute atomic E-state index is 0.0877. The van der Waals surface area contributed by atoms with Crippen molar-refractivity contribution in [2.45, 2.75) is 50.7 Å². The molecule has 1 fully saturated rings. The van der Waals surface area contributed by atoms with E-state index in [0.717, 1.165) is 9.87 Å². The number of hydrogen-bond acceptors (Lipinski definition) is 6. The molecule has 0 spiro atoms. The van der Waals surface area contributed by atoms with Gasteiger partial charge in [-0.1, -0.05) is 31.5 Å². The van der Waals surface area contributed by atoms with Gasteiger partial charge in [-0.3, -0.25) is 14.9 Å². The molecular formula is C18H25N3O6S. The average Bonchev–Trinajstić information content (AvgIpc) is 3.09. The summed E-state index contributed by atoms with van der Waals surface area (Å²) < 4.78 is 32.2. The van der Waals surface area contributed by atoms with Crippen molar-refractivity contribution in [2.24, 2.45) is 11.7 Å². The smallest absolute Gasteiger partial charge is 0.325 e. The summed E-state index contributed by atoms with van der Waals surface area (Å²) in [7, 11) is -3.89. The van der Waals surface area contributed by atoms with Gasteiger partial charge < -0.3 is 10.5 Å². The van der Waals surface area contributed by atoms with E-state index in [0.29, 0.717) is 6.42 Å². The molecule has 1 aromatic rings. The maximum atomic E-state index is 12.9. The molecule has 2 rings (SSSR count). The highest BCUT2D eigenvalue weighted by molar-refractivity contribution is 7.89. The summed E-state index contributed by atoms with van der Waals surface area (Å²) in [4.78, 5) is 35.7. The van der Waals surface area contributed by atoms with E-state index < -0.39 is 46.0 Å². The summed E-state index contributed by atoms with van der Waals surface area (Å²) in [6, 6.07) is 4.24. The van der Waals surface area contributed by atoms with Gasteiger partial charge in [0.25, 0.3) is 5.91 Å². The maximum Gasteiger partial charge on any atom is 0.325 e. The van der Waals surface area contributed by atoms with Crippen molar-refractivity contribution >= 4 is 27.9 Å². The molecule has 1 aliphatic rings. The third-order valence-corrected chi connectivity index (χ3v) is 6.38. The molecule has 10 heteroatoms. The molecule has 154 valence electrons. The van der Waals surface area contributed by atoms with E-state index in [1.54, 1.807) is 26.0 Å². The Hall–Kier alpha value is -2.46. The second-order valence-corrected chi connectivity index (χ2v) is 8.93. The summed E-state index contributed by atoms with van der Waals surface area (Å²) >= 11 is 0. The van der Waals surface area contributed by atoms with Gasteiger partial charge in [-0.05, 0) is 37.8 Å². The Morgan fingerprint density at radius 1 is 1.21 bits per heavy atom. The second kappa shape index (κ2) is 8.70. The zero-order chi connectivity index (χ0) is 21.1. The first-order valence-electron chi connectivity index (χ1n) is 8.93. The Morgan fingerprint density at radius 3 is 2.36 bits per heavy atom. The fraction of sp³-hybridized carbons (Fsp3) is 0.500. The van der Waals surface area contributed by atoms with Gasteiger partial charge in [0.05, 0.1) is 4.90 Å². The number of nitrogens with zero attached hydrogens (tertiary/aromatic N) is 1. The molecule has 0 aliphatic carbocycles. The number of esters is 1. The van der Waals surface area contributed by atoms with Gasteiger partial charge in [-0.2, -0.15) is 4.31 Å². The van der Waals surface area contributed by atoms with Gasteiger partial charge in [0.1, 0.15) is 6.04 Å². The molecule has 9 nitrogen and oxygen atoms in total. The van der Waals surface area contributed by atoms with Crippen LogP contribution in [0.2, 0.25) is 0 Å². The van der Waals surface area contributed by atoms with Crippen LogP contribution >= 0.6 is 0 Å². The zero-order valence-corrected chi connectivity index (χ0v) is 16.9. The van der Waals surface area contributed by atoms with Crippen LogP contribution in [-0.2, 0) is 24.3 Å². The highest BCUT2D eigenvalue weighted by Gasteiger charge is 2.42. The highest BCUT2D eigenvalue weighted by Crippen LogP contribution is 2.27. The summed E-state index contributed by atoms with van der Waals surface area (Å²) in [5.41, 5.74) is 5.85. The number of primary amides is 1. The number of benzene rings is 1. The molecule has 1 heterocycles. The number of aryl methyl sites for hydroxylation is 1. The lowest BCUT2D eigenvalue weighted by molar-refractivity contribution is -0.161. The van der Waals surface area contributed by atoms with E-state index in [4.69, 9.17) is 10.5 Å². The Kier molecular flexibility index (Phi) is 6.78. The fourth-order valence-corrected chi connectivity index (χ4v) is 4.64. The first kappa shape index (κ1) is 21.8. The minimum atomic E-state index is -3.89. The number of rotatable bonds is 6. The topological polar surface area (TPSA) is 136 Å². The molecule has 1 aromatic carbocycles. The van der Waals surface area contributed by atoms with E-state index in [1.165, 1.54) is 12.1 Å². The number of urea groups is 1. The van der Waals surface area contributed by atoms with Crippen molar-refractivity contribution in [3.05, 3.63) is 29.8 Å². The van der Waals surface area contributed by atoms with Gasteiger partial charge in [-0.15, -0.1) is 0 Å². The van der Waals surface area contributed by atoms with E-state index >= 15 is 0 Å². The molecule has 0 saturated carbocycles. The van der Waals surface area contributed by atoms with Crippen LogP contribution in [0.3, 0.4) is 0 Å². The third-order valence-electron chi connectivity index (χ3n) is 4.46. The van der Waals surface area contributed by atoms with Crippen molar-refractivity contribution < 1.29 is 27.5 Å². The van der Waals surface area contributed by atoms with Crippen molar-refractivity contribution in [1.82, 2.24) is 9.62 Å². The molecule has 3 amide bonds. The number of sulfonamides is 1.